The maximum Gasteiger partial charge on any atom is 0.227 e. The number of thioether (sulfide) groups is 1. The van der Waals surface area contributed by atoms with Gasteiger partial charge in [-0.25, -0.2) is 9.97 Å². The maximum atomic E-state index is 12.6. The number of ketones is 1. The second-order valence-corrected chi connectivity index (χ2v) is 8.45. The summed E-state index contributed by atoms with van der Waals surface area (Å²) in [5.41, 5.74) is 1.52. The predicted octanol–water partition coefficient (Wildman–Crippen LogP) is 4.36. The molecule has 1 fully saturated rings. The van der Waals surface area contributed by atoms with Gasteiger partial charge in [-0.1, -0.05) is 18.7 Å². The van der Waals surface area contributed by atoms with Gasteiger partial charge in [0.1, 0.15) is 16.2 Å². The van der Waals surface area contributed by atoms with E-state index in [-0.39, 0.29) is 11.7 Å². The number of carbonyl (C=O) groups is 2. The number of Topliss-reactive ketones (excluding diaryl/α,β-unsaturated/α-hetero) is 1. The number of rotatable bonds is 6. The lowest BCUT2D eigenvalue weighted by molar-refractivity contribution is -0.117. The summed E-state index contributed by atoms with van der Waals surface area (Å²) in [6.45, 7) is 2.87. The van der Waals surface area contributed by atoms with E-state index >= 15 is 0 Å². The van der Waals surface area contributed by atoms with Crippen LogP contribution in [-0.2, 0) is 11.2 Å². The molecule has 1 saturated heterocycles. The van der Waals surface area contributed by atoms with Gasteiger partial charge < -0.3 is 4.90 Å². The minimum absolute atomic E-state index is 0.0528. The third kappa shape index (κ3) is 3.75. The highest BCUT2D eigenvalue weighted by Crippen LogP contribution is 2.31. The van der Waals surface area contributed by atoms with Gasteiger partial charge in [0.15, 0.2) is 5.78 Å². The molecule has 0 saturated carbocycles. The fourth-order valence-corrected chi connectivity index (χ4v) is 5.01. The first kappa shape index (κ1) is 18.1. The summed E-state index contributed by atoms with van der Waals surface area (Å²) >= 11 is 3.12. The molecule has 0 radical (unpaired) electrons. The van der Waals surface area contributed by atoms with Crippen molar-refractivity contribution in [1.82, 2.24) is 9.97 Å². The molecular formula is C20H19N3O2S2. The van der Waals surface area contributed by atoms with Crippen LogP contribution in [-0.4, -0.2) is 34.0 Å². The van der Waals surface area contributed by atoms with Crippen molar-refractivity contribution in [3.8, 4) is 0 Å². The summed E-state index contributed by atoms with van der Waals surface area (Å²) in [6, 6.07) is 9.44. The first-order chi connectivity index (χ1) is 13.2. The van der Waals surface area contributed by atoms with Crippen LogP contribution < -0.4 is 4.90 Å². The summed E-state index contributed by atoms with van der Waals surface area (Å²) in [5, 5.41) is 1.88. The fourth-order valence-electron chi connectivity index (χ4n) is 3.14. The van der Waals surface area contributed by atoms with Gasteiger partial charge in [-0.15, -0.1) is 11.3 Å². The number of benzene rings is 1. The Morgan fingerprint density at radius 2 is 2.07 bits per heavy atom. The SMILES string of the molecule is CCc1cc2c(SCC(=O)c3ccc(N4CCCC4=O)cc3)ncnc2s1. The van der Waals surface area contributed by atoms with Gasteiger partial charge in [-0.3, -0.25) is 9.59 Å². The Morgan fingerprint density at radius 1 is 1.26 bits per heavy atom. The monoisotopic (exact) mass is 397 g/mol. The van der Waals surface area contributed by atoms with Crippen molar-refractivity contribution in [2.75, 3.05) is 17.2 Å². The molecule has 4 rings (SSSR count). The van der Waals surface area contributed by atoms with Crippen molar-refractivity contribution < 1.29 is 9.59 Å². The Kier molecular flexibility index (Phi) is 5.22. The van der Waals surface area contributed by atoms with E-state index in [9.17, 15) is 9.59 Å². The van der Waals surface area contributed by atoms with Gasteiger partial charge in [0, 0.05) is 34.5 Å². The lowest BCUT2D eigenvalue weighted by atomic mass is 10.1. The molecule has 3 heterocycles. The van der Waals surface area contributed by atoms with E-state index in [0.717, 1.165) is 40.3 Å². The highest BCUT2D eigenvalue weighted by Gasteiger charge is 2.21. The van der Waals surface area contributed by atoms with Crippen LogP contribution in [0.25, 0.3) is 10.2 Å². The Morgan fingerprint density at radius 3 is 2.78 bits per heavy atom. The standard InChI is InChI=1S/C20H19N3O2S2/c1-2-15-10-16-19(21-12-22-20(16)27-15)26-11-17(24)13-5-7-14(8-6-13)23-9-3-4-18(23)25/h5-8,10,12H,2-4,9,11H2,1H3. The molecule has 7 heteroatoms. The van der Waals surface area contributed by atoms with E-state index < -0.39 is 0 Å². The second kappa shape index (κ2) is 7.78. The van der Waals surface area contributed by atoms with Crippen LogP contribution in [0.3, 0.4) is 0 Å². The predicted molar refractivity (Wildman–Crippen MR) is 110 cm³/mol. The molecule has 3 aromatic rings. The zero-order valence-corrected chi connectivity index (χ0v) is 16.6. The number of hydrogen-bond donors (Lipinski definition) is 0. The average Bonchev–Trinajstić information content (AvgIpc) is 3.32. The number of nitrogens with zero attached hydrogens (tertiary/aromatic N) is 3. The summed E-state index contributed by atoms with van der Waals surface area (Å²) in [5.74, 6) is 0.530. The Bertz CT molecular complexity index is 998. The summed E-state index contributed by atoms with van der Waals surface area (Å²) in [7, 11) is 0. The van der Waals surface area contributed by atoms with E-state index in [0.29, 0.717) is 17.7 Å². The van der Waals surface area contributed by atoms with Crippen molar-refractivity contribution in [1.29, 1.82) is 0 Å². The molecule has 1 aromatic carbocycles. The van der Waals surface area contributed by atoms with Crippen molar-refractivity contribution in [2.45, 2.75) is 31.2 Å². The number of thiophene rings is 1. The lowest BCUT2D eigenvalue weighted by Gasteiger charge is -2.15. The molecule has 1 aliphatic heterocycles. The molecule has 2 aromatic heterocycles. The molecule has 0 N–H and O–H groups in total. The molecule has 1 aliphatic rings. The van der Waals surface area contributed by atoms with Crippen molar-refractivity contribution >= 4 is 50.7 Å². The van der Waals surface area contributed by atoms with Gasteiger partial charge in [0.05, 0.1) is 5.75 Å². The van der Waals surface area contributed by atoms with E-state index in [4.69, 9.17) is 0 Å². The van der Waals surface area contributed by atoms with Gasteiger partial charge in [-0.05, 0) is 43.2 Å². The van der Waals surface area contributed by atoms with Crippen LogP contribution in [0.15, 0.2) is 41.7 Å². The number of amides is 1. The first-order valence-corrected chi connectivity index (χ1v) is 10.8. The number of aromatic nitrogens is 2. The molecule has 0 aliphatic carbocycles. The van der Waals surface area contributed by atoms with Crippen LogP contribution in [0.5, 0.6) is 0 Å². The van der Waals surface area contributed by atoms with E-state index in [2.05, 4.69) is 23.0 Å². The summed E-state index contributed by atoms with van der Waals surface area (Å²) in [4.78, 5) is 37.1. The highest BCUT2D eigenvalue weighted by atomic mass is 32.2. The minimum atomic E-state index is 0.0528. The molecule has 1 amide bonds. The normalized spacial score (nSPS) is 14.3. The van der Waals surface area contributed by atoms with Gasteiger partial charge in [0.2, 0.25) is 5.91 Å². The molecular weight excluding hydrogens is 378 g/mol. The number of carbonyl (C=O) groups excluding carboxylic acids is 2. The van der Waals surface area contributed by atoms with Crippen molar-refractivity contribution in [2.24, 2.45) is 0 Å². The first-order valence-electron chi connectivity index (χ1n) is 8.95. The maximum absolute atomic E-state index is 12.6. The summed E-state index contributed by atoms with van der Waals surface area (Å²) < 4.78 is 0. The Balaban J connectivity index is 1.45. The van der Waals surface area contributed by atoms with Crippen LogP contribution in [0.1, 0.15) is 35.0 Å². The van der Waals surface area contributed by atoms with Gasteiger partial charge in [-0.2, -0.15) is 0 Å². The molecule has 138 valence electrons. The average molecular weight is 398 g/mol. The molecule has 0 spiro atoms. The minimum Gasteiger partial charge on any atom is -0.312 e. The number of hydrogen-bond acceptors (Lipinski definition) is 6. The van der Waals surface area contributed by atoms with Crippen molar-refractivity contribution in [3.05, 3.63) is 47.1 Å². The number of aryl methyl sites for hydroxylation is 1. The largest absolute Gasteiger partial charge is 0.312 e. The molecule has 0 bridgehead atoms. The number of anilines is 1. The van der Waals surface area contributed by atoms with Crippen LogP contribution in [0.4, 0.5) is 5.69 Å². The molecule has 27 heavy (non-hydrogen) atoms. The van der Waals surface area contributed by atoms with E-state index in [1.807, 2.05) is 12.1 Å². The molecule has 0 unspecified atom stereocenters. The lowest BCUT2D eigenvalue weighted by Crippen LogP contribution is -2.23. The topological polar surface area (TPSA) is 63.2 Å². The van der Waals surface area contributed by atoms with E-state index in [1.165, 1.54) is 16.6 Å². The van der Waals surface area contributed by atoms with Crippen LogP contribution >= 0.6 is 23.1 Å². The third-order valence-corrected chi connectivity index (χ3v) is 6.80. The zero-order valence-electron chi connectivity index (χ0n) is 15.0. The highest BCUT2D eigenvalue weighted by molar-refractivity contribution is 8.00. The van der Waals surface area contributed by atoms with Gasteiger partial charge >= 0.3 is 0 Å². The van der Waals surface area contributed by atoms with Crippen molar-refractivity contribution in [3.63, 3.8) is 0 Å². The second-order valence-electron chi connectivity index (χ2n) is 6.37. The summed E-state index contributed by atoms with van der Waals surface area (Å²) in [6.07, 6.45) is 4.03. The van der Waals surface area contributed by atoms with E-state index in [1.54, 1.807) is 34.7 Å². The molecule has 0 atom stereocenters. The fraction of sp³-hybridized carbons (Fsp3) is 0.300. The molecule has 5 nitrogen and oxygen atoms in total. The quantitative estimate of drug-likeness (QED) is 0.351. The Labute approximate surface area is 165 Å². The zero-order chi connectivity index (χ0) is 18.8. The van der Waals surface area contributed by atoms with Gasteiger partial charge in [0.25, 0.3) is 0 Å². The number of fused-ring (bicyclic) bond motifs is 1. The Hall–Kier alpha value is -2.25. The smallest absolute Gasteiger partial charge is 0.227 e. The van der Waals surface area contributed by atoms with Crippen LogP contribution in [0, 0.1) is 0 Å². The van der Waals surface area contributed by atoms with Crippen LogP contribution in [0.2, 0.25) is 0 Å². The third-order valence-electron chi connectivity index (χ3n) is 4.61.